The maximum Gasteiger partial charge on any atom is 0.507 e. The minimum atomic E-state index is -0.539. The Kier molecular flexibility index (Phi) is 4.64. The van der Waals surface area contributed by atoms with Crippen LogP contribution < -0.4 is 4.90 Å². The van der Waals surface area contributed by atoms with Crippen molar-refractivity contribution in [1.29, 1.82) is 0 Å². The van der Waals surface area contributed by atoms with Gasteiger partial charge in [-0.1, -0.05) is 59.9 Å². The van der Waals surface area contributed by atoms with Gasteiger partial charge in [-0.2, -0.15) is 9.37 Å². The van der Waals surface area contributed by atoms with Crippen LogP contribution >= 0.6 is 11.6 Å². The first-order chi connectivity index (χ1) is 13.6. The summed E-state index contributed by atoms with van der Waals surface area (Å²) in [6, 6.07) is 10.6. The van der Waals surface area contributed by atoms with Gasteiger partial charge in [0, 0.05) is 17.3 Å². The van der Waals surface area contributed by atoms with E-state index in [9.17, 15) is 9.59 Å². The fourth-order valence-electron chi connectivity index (χ4n) is 3.08. The molecule has 0 saturated heterocycles. The van der Waals surface area contributed by atoms with E-state index in [1.54, 1.807) is 37.4 Å². The van der Waals surface area contributed by atoms with E-state index in [0.29, 0.717) is 11.3 Å². The Balaban J connectivity index is 1.69. The van der Waals surface area contributed by atoms with Crippen molar-refractivity contribution in [2.24, 2.45) is 5.92 Å². The zero-order chi connectivity index (χ0) is 19.7. The summed E-state index contributed by atoms with van der Waals surface area (Å²) in [6.07, 6.45) is 8.60. The number of urea groups is 1. The lowest BCUT2D eigenvalue weighted by Gasteiger charge is -2.24. The Labute approximate surface area is 167 Å². The van der Waals surface area contributed by atoms with Gasteiger partial charge < -0.3 is 0 Å². The summed E-state index contributed by atoms with van der Waals surface area (Å²) in [5.74, 6) is 5.20. The Morgan fingerprint density at radius 3 is 2.61 bits per heavy atom. The number of imide groups is 1. The summed E-state index contributed by atoms with van der Waals surface area (Å²) in [5, 5.41) is 0.189. The molecule has 136 valence electrons. The van der Waals surface area contributed by atoms with Crippen LogP contribution in [0, 0.1) is 17.8 Å². The number of carbonyl (C=O) groups excluding carboxylic acids is 2. The first-order valence-electron chi connectivity index (χ1n) is 8.62. The van der Waals surface area contributed by atoms with Gasteiger partial charge in [0.1, 0.15) is 16.7 Å². The molecule has 2 aromatic rings. The lowest BCUT2D eigenvalue weighted by Crippen LogP contribution is -2.54. The number of amides is 3. The van der Waals surface area contributed by atoms with Crippen molar-refractivity contribution in [3.63, 3.8) is 0 Å². The summed E-state index contributed by atoms with van der Waals surface area (Å²) in [4.78, 5) is 31.0. The molecule has 6 heteroatoms. The average molecular weight is 389 g/mol. The molecule has 1 unspecified atom stereocenters. The highest BCUT2D eigenvalue weighted by molar-refractivity contribution is 6.35. The molecule has 1 aliphatic heterocycles. The number of hydrogen-bond donors (Lipinski definition) is 0. The van der Waals surface area contributed by atoms with Crippen LogP contribution in [0.25, 0.3) is 0 Å². The highest BCUT2D eigenvalue weighted by atomic mass is 35.5. The van der Waals surface area contributed by atoms with E-state index in [4.69, 9.17) is 11.6 Å². The van der Waals surface area contributed by atoms with Crippen molar-refractivity contribution in [1.82, 2.24) is 4.98 Å². The van der Waals surface area contributed by atoms with E-state index < -0.39 is 11.9 Å². The van der Waals surface area contributed by atoms with Gasteiger partial charge in [0.25, 0.3) is 5.82 Å². The maximum absolute atomic E-state index is 12.9. The highest BCUT2D eigenvalue weighted by Crippen LogP contribution is 2.29. The fourth-order valence-corrected chi connectivity index (χ4v) is 3.33. The fraction of sp³-hybridized carbons (Fsp3) is 0.0909. The van der Waals surface area contributed by atoms with Gasteiger partial charge in [-0.15, -0.1) is 4.90 Å². The normalized spacial score (nSPS) is 18.1. The monoisotopic (exact) mass is 388 g/mol. The molecule has 28 heavy (non-hydrogen) atoms. The summed E-state index contributed by atoms with van der Waals surface area (Å²) in [5.41, 5.74) is 2.09. The van der Waals surface area contributed by atoms with Gasteiger partial charge in [0.05, 0.1) is 7.05 Å². The van der Waals surface area contributed by atoms with E-state index >= 15 is 0 Å². The quantitative estimate of drug-likeness (QED) is 0.555. The van der Waals surface area contributed by atoms with Crippen molar-refractivity contribution in [2.75, 3.05) is 11.9 Å². The first kappa shape index (κ1) is 17.9. The molecule has 1 aromatic carbocycles. The molecule has 1 aliphatic carbocycles. The van der Waals surface area contributed by atoms with E-state index in [-0.39, 0.29) is 16.7 Å². The van der Waals surface area contributed by atoms with Crippen LogP contribution in [0.1, 0.15) is 11.1 Å². The number of rotatable bonds is 1. The van der Waals surface area contributed by atoms with Crippen molar-refractivity contribution >= 4 is 35.1 Å². The van der Waals surface area contributed by atoms with Crippen LogP contribution in [-0.2, 0) is 4.79 Å². The second kappa shape index (κ2) is 7.26. The summed E-state index contributed by atoms with van der Waals surface area (Å²) in [7, 11) is 1.63. The topological polar surface area (TPSA) is 53.3 Å². The number of halogens is 1. The van der Waals surface area contributed by atoms with E-state index in [1.165, 1.54) is 10.8 Å². The van der Waals surface area contributed by atoms with Gasteiger partial charge in [-0.05, 0) is 24.3 Å². The number of anilines is 1. The van der Waals surface area contributed by atoms with E-state index in [1.807, 2.05) is 30.3 Å². The SMILES string of the molecule is C[N+]1=C2C=CC=CC2C(=O)N(c2ncc(C#Cc3ccccc3)cc2Cl)C1=O. The molecule has 3 amide bonds. The predicted octanol–water partition coefficient (Wildman–Crippen LogP) is 3.43. The van der Waals surface area contributed by atoms with Crippen molar-refractivity contribution in [2.45, 2.75) is 0 Å². The van der Waals surface area contributed by atoms with Gasteiger partial charge in [0.15, 0.2) is 0 Å². The lowest BCUT2D eigenvalue weighted by atomic mass is 9.95. The molecule has 4 rings (SSSR count). The summed E-state index contributed by atoms with van der Waals surface area (Å²) in [6.45, 7) is 0. The molecular formula is C22H15ClN3O2+. The minimum Gasteiger partial charge on any atom is -0.245 e. The van der Waals surface area contributed by atoms with Crippen molar-refractivity contribution in [3.05, 3.63) is 83.0 Å². The van der Waals surface area contributed by atoms with Gasteiger partial charge in [-0.25, -0.2) is 9.78 Å². The second-order valence-corrected chi connectivity index (χ2v) is 6.71. The first-order valence-corrected chi connectivity index (χ1v) is 9.00. The number of nitrogens with zero attached hydrogens (tertiary/aromatic N) is 3. The zero-order valence-electron chi connectivity index (χ0n) is 15.0. The molecule has 5 nitrogen and oxygen atoms in total. The van der Waals surface area contributed by atoms with E-state index in [0.717, 1.165) is 10.5 Å². The third-order valence-electron chi connectivity index (χ3n) is 4.51. The molecule has 1 atom stereocenters. The van der Waals surface area contributed by atoms with Crippen molar-refractivity contribution in [3.8, 4) is 11.8 Å². The Bertz CT molecular complexity index is 1140. The average Bonchev–Trinajstić information content (AvgIpc) is 2.73. The van der Waals surface area contributed by atoms with Crippen LogP contribution in [0.5, 0.6) is 0 Å². The molecule has 0 bridgehead atoms. The third-order valence-corrected chi connectivity index (χ3v) is 4.79. The zero-order valence-corrected chi connectivity index (χ0v) is 15.7. The maximum atomic E-state index is 12.9. The molecule has 1 aromatic heterocycles. The Morgan fingerprint density at radius 1 is 1.11 bits per heavy atom. The highest BCUT2D eigenvalue weighted by Gasteiger charge is 2.48. The van der Waals surface area contributed by atoms with Crippen LogP contribution in [-0.4, -0.2) is 34.3 Å². The van der Waals surface area contributed by atoms with E-state index in [2.05, 4.69) is 16.8 Å². The van der Waals surface area contributed by atoms with Crippen LogP contribution in [0.15, 0.2) is 66.9 Å². The number of fused-ring (bicyclic) bond motifs is 1. The number of pyridine rings is 1. The summed E-state index contributed by atoms with van der Waals surface area (Å²) < 4.78 is 1.44. The minimum absolute atomic E-state index is 0.107. The van der Waals surface area contributed by atoms with Crippen LogP contribution in [0.3, 0.4) is 0 Å². The third kappa shape index (κ3) is 3.15. The van der Waals surface area contributed by atoms with Gasteiger partial charge in [0.2, 0.25) is 0 Å². The molecule has 0 spiro atoms. The molecule has 0 N–H and O–H groups in total. The van der Waals surface area contributed by atoms with Crippen LogP contribution in [0.2, 0.25) is 5.02 Å². The molecule has 0 radical (unpaired) electrons. The van der Waals surface area contributed by atoms with Crippen molar-refractivity contribution < 1.29 is 14.2 Å². The summed E-state index contributed by atoms with van der Waals surface area (Å²) >= 11 is 6.36. The largest absolute Gasteiger partial charge is 0.507 e. The number of allylic oxidation sites excluding steroid dienone is 3. The Hall–Kier alpha value is -3.49. The van der Waals surface area contributed by atoms with Crippen LogP contribution in [0.4, 0.5) is 10.6 Å². The number of aromatic nitrogens is 1. The standard InChI is InChI=1S/C22H15ClN3O2/c1-25-19-10-6-5-9-17(19)21(27)26(22(25)28)20-18(23)13-16(14-24-20)12-11-15-7-3-2-4-8-15/h2-10,13-14,17H,1H3/q+1. The Morgan fingerprint density at radius 2 is 1.86 bits per heavy atom. The molecule has 0 saturated carbocycles. The number of benzene rings is 1. The molecule has 2 heterocycles. The van der Waals surface area contributed by atoms with Gasteiger partial charge >= 0.3 is 11.9 Å². The molecule has 0 fully saturated rings. The number of carbonyl (C=O) groups is 2. The van der Waals surface area contributed by atoms with Gasteiger partial charge in [-0.3, -0.25) is 0 Å². The smallest absolute Gasteiger partial charge is 0.245 e. The molecular weight excluding hydrogens is 374 g/mol. The predicted molar refractivity (Wildman–Crippen MR) is 108 cm³/mol. The number of hydrogen-bond acceptors (Lipinski definition) is 3. The lowest BCUT2D eigenvalue weighted by molar-refractivity contribution is -0.393. The molecule has 2 aliphatic rings. The second-order valence-electron chi connectivity index (χ2n) is 6.31.